The second-order valence-electron chi connectivity index (χ2n) is 8.88. The van der Waals surface area contributed by atoms with E-state index in [1.54, 1.807) is 4.90 Å². The number of carbonyl (C=O) groups excluding carboxylic acids is 2. The van der Waals surface area contributed by atoms with Gasteiger partial charge in [-0.05, 0) is 22.8 Å². The van der Waals surface area contributed by atoms with Crippen LogP contribution in [0.1, 0.15) is 22.8 Å². The maximum atomic E-state index is 13.7. The molecule has 36 heavy (non-hydrogen) atoms. The molecule has 2 amide bonds. The Labute approximate surface area is 210 Å². The fraction of sp³-hybridized carbons (Fsp3) is 0.241. The summed E-state index contributed by atoms with van der Waals surface area (Å²) in [5.41, 5.74) is 3.85. The van der Waals surface area contributed by atoms with Crippen molar-refractivity contribution in [2.24, 2.45) is 0 Å². The van der Waals surface area contributed by atoms with E-state index in [1.807, 2.05) is 91.1 Å². The Morgan fingerprint density at radius 1 is 1.00 bits per heavy atom. The van der Waals surface area contributed by atoms with Gasteiger partial charge in [0.25, 0.3) is 0 Å². The zero-order chi connectivity index (χ0) is 24.7. The summed E-state index contributed by atoms with van der Waals surface area (Å²) in [6.07, 6.45) is 1.41. The quantitative estimate of drug-likeness (QED) is 0.402. The number of aromatic nitrogens is 1. The van der Waals surface area contributed by atoms with E-state index in [1.165, 1.54) is 0 Å². The van der Waals surface area contributed by atoms with Crippen LogP contribution in [0.2, 0.25) is 0 Å². The number of H-pyrrole nitrogens is 1. The van der Waals surface area contributed by atoms with E-state index < -0.39 is 12.1 Å². The summed E-state index contributed by atoms with van der Waals surface area (Å²) >= 11 is 0. The highest BCUT2D eigenvalue weighted by Gasteiger charge is 2.32. The number of para-hydroxylation sites is 1. The van der Waals surface area contributed by atoms with Gasteiger partial charge in [-0.3, -0.25) is 4.79 Å². The molecule has 0 saturated carbocycles. The molecule has 2 N–H and O–H groups in total. The number of hydrogen-bond acceptors (Lipinski definition) is 4. The molecule has 0 bridgehead atoms. The van der Waals surface area contributed by atoms with Gasteiger partial charge in [0.1, 0.15) is 18.8 Å². The molecule has 2 atom stereocenters. The summed E-state index contributed by atoms with van der Waals surface area (Å²) in [4.78, 5) is 31.5. The van der Waals surface area contributed by atoms with Crippen LogP contribution in [0.5, 0.6) is 0 Å². The third-order valence-electron chi connectivity index (χ3n) is 6.45. The Hall–Kier alpha value is -4.10. The van der Waals surface area contributed by atoms with Gasteiger partial charge in [0.15, 0.2) is 0 Å². The van der Waals surface area contributed by atoms with Gasteiger partial charge in [-0.1, -0.05) is 78.9 Å². The summed E-state index contributed by atoms with van der Waals surface area (Å²) in [6.45, 7) is 1.46. The summed E-state index contributed by atoms with van der Waals surface area (Å²) in [5, 5.41) is 3.86. The average Bonchev–Trinajstić information content (AvgIpc) is 3.35. The van der Waals surface area contributed by atoms with E-state index in [0.29, 0.717) is 26.1 Å². The lowest BCUT2D eigenvalue weighted by Crippen LogP contribution is -2.53. The van der Waals surface area contributed by atoms with Gasteiger partial charge >= 0.3 is 6.09 Å². The van der Waals surface area contributed by atoms with Gasteiger partial charge in [-0.2, -0.15) is 0 Å². The van der Waals surface area contributed by atoms with E-state index in [2.05, 4.69) is 10.3 Å². The first-order chi connectivity index (χ1) is 17.7. The maximum Gasteiger partial charge on any atom is 0.408 e. The molecule has 1 aromatic heterocycles. The monoisotopic (exact) mass is 483 g/mol. The molecule has 0 spiro atoms. The minimum absolute atomic E-state index is 0.133. The minimum Gasteiger partial charge on any atom is -0.445 e. The minimum atomic E-state index is -0.776. The van der Waals surface area contributed by atoms with Crippen LogP contribution < -0.4 is 5.32 Å². The number of ether oxygens (including phenoxy) is 2. The molecule has 0 radical (unpaired) electrons. The van der Waals surface area contributed by atoms with Crippen LogP contribution >= 0.6 is 0 Å². The topological polar surface area (TPSA) is 83.7 Å². The first-order valence-corrected chi connectivity index (χ1v) is 12.1. The van der Waals surface area contributed by atoms with E-state index in [-0.39, 0.29) is 18.6 Å². The number of hydrogen-bond donors (Lipinski definition) is 2. The number of nitrogens with zero attached hydrogens (tertiary/aromatic N) is 1. The van der Waals surface area contributed by atoms with Crippen LogP contribution in [-0.4, -0.2) is 47.6 Å². The Bertz CT molecular complexity index is 1310. The van der Waals surface area contributed by atoms with E-state index in [9.17, 15) is 9.59 Å². The van der Waals surface area contributed by atoms with Gasteiger partial charge in [0.2, 0.25) is 5.91 Å². The summed E-state index contributed by atoms with van der Waals surface area (Å²) in [5.74, 6) is -0.152. The molecule has 7 nitrogen and oxygen atoms in total. The van der Waals surface area contributed by atoms with Crippen LogP contribution in [0.25, 0.3) is 10.9 Å². The van der Waals surface area contributed by atoms with Crippen molar-refractivity contribution in [3.8, 4) is 0 Å². The third kappa shape index (κ3) is 5.58. The predicted molar refractivity (Wildman–Crippen MR) is 137 cm³/mol. The average molecular weight is 484 g/mol. The number of fused-ring (bicyclic) bond motifs is 1. The van der Waals surface area contributed by atoms with Crippen molar-refractivity contribution in [1.82, 2.24) is 15.2 Å². The van der Waals surface area contributed by atoms with Gasteiger partial charge in [0, 0.05) is 30.1 Å². The molecule has 1 saturated heterocycles. The fourth-order valence-corrected chi connectivity index (χ4v) is 4.57. The zero-order valence-corrected chi connectivity index (χ0v) is 19.9. The smallest absolute Gasteiger partial charge is 0.408 e. The third-order valence-corrected chi connectivity index (χ3v) is 6.45. The predicted octanol–water partition coefficient (Wildman–Crippen LogP) is 4.61. The van der Waals surface area contributed by atoms with Gasteiger partial charge in [-0.15, -0.1) is 0 Å². The summed E-state index contributed by atoms with van der Waals surface area (Å²) in [7, 11) is 0. The summed E-state index contributed by atoms with van der Waals surface area (Å²) in [6, 6.07) is 26.5. The molecule has 0 unspecified atom stereocenters. The molecule has 1 aliphatic heterocycles. The summed E-state index contributed by atoms with van der Waals surface area (Å²) < 4.78 is 11.4. The highest BCUT2D eigenvalue weighted by atomic mass is 16.5. The number of aromatic amines is 1. The van der Waals surface area contributed by atoms with Crippen molar-refractivity contribution in [3.63, 3.8) is 0 Å². The molecular formula is C29H29N3O4. The molecule has 1 fully saturated rings. The number of morpholine rings is 1. The van der Waals surface area contributed by atoms with Crippen LogP contribution in [0, 0.1) is 0 Å². The molecule has 1 aliphatic rings. The molecule has 0 aliphatic carbocycles. The zero-order valence-electron chi connectivity index (χ0n) is 19.9. The van der Waals surface area contributed by atoms with E-state index >= 15 is 0 Å². The maximum absolute atomic E-state index is 13.7. The highest BCUT2D eigenvalue weighted by molar-refractivity contribution is 5.88. The largest absolute Gasteiger partial charge is 0.445 e. The van der Waals surface area contributed by atoms with Crippen LogP contribution in [0.3, 0.4) is 0 Å². The lowest BCUT2D eigenvalue weighted by atomic mass is 10.0. The lowest BCUT2D eigenvalue weighted by Gasteiger charge is -2.35. The van der Waals surface area contributed by atoms with Crippen LogP contribution in [-0.2, 0) is 27.3 Å². The molecule has 2 heterocycles. The van der Waals surface area contributed by atoms with Crippen molar-refractivity contribution in [2.45, 2.75) is 25.2 Å². The van der Waals surface area contributed by atoms with E-state index in [4.69, 9.17) is 9.47 Å². The van der Waals surface area contributed by atoms with Crippen molar-refractivity contribution in [3.05, 3.63) is 108 Å². The van der Waals surface area contributed by atoms with Crippen molar-refractivity contribution in [2.75, 3.05) is 19.7 Å². The Kier molecular flexibility index (Phi) is 7.28. The number of amides is 2. The molecular weight excluding hydrogens is 454 g/mol. The number of alkyl carbamates (subject to hydrolysis) is 1. The highest BCUT2D eigenvalue weighted by Crippen LogP contribution is 2.24. The Balaban J connectivity index is 1.32. The second-order valence-corrected chi connectivity index (χ2v) is 8.88. The number of carbonyl (C=O) groups is 2. The normalized spacial score (nSPS) is 16.4. The Morgan fingerprint density at radius 3 is 2.53 bits per heavy atom. The van der Waals surface area contributed by atoms with Gasteiger partial charge in [-0.25, -0.2) is 4.79 Å². The number of benzene rings is 3. The SMILES string of the molecule is O=C(N[C@H](Cc1c[nH]c2ccccc12)C(=O)N1CCO[C@@H](c2ccccc2)C1)OCc1ccccc1. The molecule has 7 heteroatoms. The first kappa shape index (κ1) is 23.6. The number of rotatable bonds is 7. The van der Waals surface area contributed by atoms with Crippen LogP contribution in [0.4, 0.5) is 4.79 Å². The second kappa shape index (κ2) is 11.1. The van der Waals surface area contributed by atoms with Gasteiger partial charge < -0.3 is 24.7 Å². The van der Waals surface area contributed by atoms with E-state index in [0.717, 1.165) is 27.6 Å². The molecule has 3 aromatic carbocycles. The molecule has 4 aromatic rings. The fourth-order valence-electron chi connectivity index (χ4n) is 4.57. The standard InChI is InChI=1S/C29H29N3O4/c33-28(32-15-16-35-27(19-32)22-11-5-2-6-12-22)26(17-23-18-30-25-14-8-7-13-24(23)25)31-29(34)36-20-21-9-3-1-4-10-21/h1-14,18,26-27,30H,15-17,19-20H2,(H,31,34)/t26-,27-/m1/s1. The van der Waals surface area contributed by atoms with Crippen molar-refractivity contribution in [1.29, 1.82) is 0 Å². The van der Waals surface area contributed by atoms with Crippen LogP contribution in [0.15, 0.2) is 91.1 Å². The molecule has 184 valence electrons. The van der Waals surface area contributed by atoms with Crippen molar-refractivity contribution >= 4 is 22.9 Å². The van der Waals surface area contributed by atoms with Gasteiger partial charge in [0.05, 0.1) is 13.2 Å². The van der Waals surface area contributed by atoms with Crippen molar-refractivity contribution < 1.29 is 19.1 Å². The lowest BCUT2D eigenvalue weighted by molar-refractivity contribution is -0.141. The number of nitrogens with one attached hydrogen (secondary N) is 2. The molecule has 5 rings (SSSR count). The first-order valence-electron chi connectivity index (χ1n) is 12.1. The Morgan fingerprint density at radius 2 is 1.72 bits per heavy atom.